The van der Waals surface area contributed by atoms with Crippen LogP contribution in [0.15, 0.2) is 12.3 Å². The van der Waals surface area contributed by atoms with Crippen molar-refractivity contribution in [2.24, 2.45) is 0 Å². The van der Waals surface area contributed by atoms with Crippen molar-refractivity contribution in [3.05, 3.63) is 29.1 Å². The summed E-state index contributed by atoms with van der Waals surface area (Å²) in [5.41, 5.74) is 1.71. The molecule has 0 saturated carbocycles. The second-order valence-corrected chi connectivity index (χ2v) is 2.67. The third kappa shape index (κ3) is 2.27. The van der Waals surface area contributed by atoms with E-state index in [0.717, 1.165) is 5.56 Å². The molecule has 0 saturated heterocycles. The van der Waals surface area contributed by atoms with Gasteiger partial charge in [0, 0.05) is 6.20 Å². The second-order valence-electron chi connectivity index (χ2n) is 2.67. The highest BCUT2D eigenvalue weighted by atomic mass is 16.4. The summed E-state index contributed by atoms with van der Waals surface area (Å²) in [5.74, 6) is -0.920. The molecule has 0 unspecified atom stereocenters. The Balaban J connectivity index is 2.97. The van der Waals surface area contributed by atoms with Crippen molar-refractivity contribution in [1.29, 1.82) is 5.26 Å². The van der Waals surface area contributed by atoms with Gasteiger partial charge in [-0.25, -0.2) is 0 Å². The van der Waals surface area contributed by atoms with Gasteiger partial charge in [-0.1, -0.05) is 0 Å². The lowest BCUT2D eigenvalue weighted by Gasteiger charge is -1.99. The maximum Gasteiger partial charge on any atom is 0.309 e. The number of nitrogens with zero attached hydrogens (tertiary/aromatic N) is 2. The summed E-state index contributed by atoms with van der Waals surface area (Å²) in [4.78, 5) is 14.2. The number of pyridine rings is 1. The van der Waals surface area contributed by atoms with E-state index in [4.69, 9.17) is 10.4 Å². The molecule has 0 radical (unpaired) electrons. The maximum atomic E-state index is 10.3. The summed E-state index contributed by atoms with van der Waals surface area (Å²) in [6, 6.07) is 3.58. The zero-order valence-electron chi connectivity index (χ0n) is 7.11. The molecule has 0 spiro atoms. The van der Waals surface area contributed by atoms with Crippen molar-refractivity contribution in [2.75, 3.05) is 0 Å². The summed E-state index contributed by atoms with van der Waals surface area (Å²) in [5, 5.41) is 17.1. The molecule has 0 fully saturated rings. The van der Waals surface area contributed by atoms with Crippen LogP contribution >= 0.6 is 0 Å². The molecule has 0 aromatic carbocycles. The fourth-order valence-electron chi connectivity index (χ4n) is 0.983. The fourth-order valence-corrected chi connectivity index (χ4v) is 0.983. The summed E-state index contributed by atoms with van der Waals surface area (Å²) in [6.07, 6.45) is 1.29. The minimum atomic E-state index is -0.920. The Morgan fingerprint density at radius 1 is 1.77 bits per heavy atom. The summed E-state index contributed by atoms with van der Waals surface area (Å²) >= 11 is 0. The Morgan fingerprint density at radius 2 is 2.46 bits per heavy atom. The predicted molar refractivity (Wildman–Crippen MR) is 45.0 cm³/mol. The Labute approximate surface area is 75.5 Å². The van der Waals surface area contributed by atoms with Gasteiger partial charge < -0.3 is 5.11 Å². The average Bonchev–Trinajstić information content (AvgIpc) is 2.03. The van der Waals surface area contributed by atoms with Crippen LogP contribution in [0.25, 0.3) is 0 Å². The molecule has 1 heterocycles. The van der Waals surface area contributed by atoms with Crippen molar-refractivity contribution in [1.82, 2.24) is 4.98 Å². The minimum Gasteiger partial charge on any atom is -0.481 e. The van der Waals surface area contributed by atoms with Crippen LogP contribution in [0.1, 0.15) is 16.8 Å². The normalized spacial score (nSPS) is 9.23. The van der Waals surface area contributed by atoms with Crippen molar-refractivity contribution in [3.63, 3.8) is 0 Å². The largest absolute Gasteiger partial charge is 0.481 e. The van der Waals surface area contributed by atoms with Gasteiger partial charge in [-0.05, 0) is 18.6 Å². The number of aromatic nitrogens is 1. The number of aryl methyl sites for hydroxylation is 1. The lowest BCUT2D eigenvalue weighted by Crippen LogP contribution is -2.03. The molecule has 0 aliphatic rings. The van der Waals surface area contributed by atoms with Gasteiger partial charge in [0.1, 0.15) is 6.07 Å². The molecule has 1 aromatic heterocycles. The highest BCUT2D eigenvalue weighted by Crippen LogP contribution is 2.07. The molecule has 13 heavy (non-hydrogen) atoms. The lowest BCUT2D eigenvalue weighted by molar-refractivity contribution is -0.136. The Kier molecular flexibility index (Phi) is 2.60. The fraction of sp³-hybridized carbons (Fsp3) is 0.222. The molecule has 0 aliphatic carbocycles. The SMILES string of the molecule is Cc1cc(CC(=O)O)ncc1C#N. The molecule has 0 bridgehead atoms. The van der Waals surface area contributed by atoms with Crippen LogP contribution in [0, 0.1) is 18.3 Å². The van der Waals surface area contributed by atoms with Gasteiger partial charge in [0.25, 0.3) is 0 Å². The van der Waals surface area contributed by atoms with Crippen molar-refractivity contribution in [2.45, 2.75) is 13.3 Å². The van der Waals surface area contributed by atoms with Crippen molar-refractivity contribution in [3.8, 4) is 6.07 Å². The van der Waals surface area contributed by atoms with Crippen LogP contribution < -0.4 is 0 Å². The van der Waals surface area contributed by atoms with Gasteiger partial charge in [0.15, 0.2) is 0 Å². The van der Waals surface area contributed by atoms with Crippen LogP contribution in [-0.4, -0.2) is 16.1 Å². The monoisotopic (exact) mass is 176 g/mol. The quantitative estimate of drug-likeness (QED) is 0.726. The third-order valence-electron chi connectivity index (χ3n) is 1.62. The first-order valence-electron chi connectivity index (χ1n) is 3.71. The smallest absolute Gasteiger partial charge is 0.309 e. The van der Waals surface area contributed by atoms with E-state index in [1.807, 2.05) is 6.07 Å². The first-order valence-corrected chi connectivity index (χ1v) is 3.71. The maximum absolute atomic E-state index is 10.3. The Morgan fingerprint density at radius 3 is 2.92 bits per heavy atom. The molecule has 0 amide bonds. The highest BCUT2D eigenvalue weighted by Gasteiger charge is 2.04. The molecule has 0 atom stereocenters. The standard InChI is InChI=1S/C9H8N2O2/c1-6-2-8(3-9(12)13)11-5-7(6)4-10/h2,5H,3H2,1H3,(H,12,13). The molecular formula is C9H8N2O2. The number of nitriles is 1. The van der Waals surface area contributed by atoms with E-state index in [-0.39, 0.29) is 6.42 Å². The predicted octanol–water partition coefficient (Wildman–Crippen LogP) is 0.889. The van der Waals surface area contributed by atoms with E-state index in [1.54, 1.807) is 13.0 Å². The highest BCUT2D eigenvalue weighted by molar-refractivity contribution is 5.69. The number of aliphatic carboxylic acids is 1. The molecule has 1 rings (SSSR count). The van der Waals surface area contributed by atoms with Crippen molar-refractivity contribution < 1.29 is 9.90 Å². The van der Waals surface area contributed by atoms with E-state index in [2.05, 4.69) is 4.98 Å². The van der Waals surface area contributed by atoms with Gasteiger partial charge in [0.05, 0.1) is 17.7 Å². The number of hydrogen-bond acceptors (Lipinski definition) is 3. The van der Waals surface area contributed by atoms with Crippen LogP contribution in [0.2, 0.25) is 0 Å². The number of carboxylic acids is 1. The van der Waals surface area contributed by atoms with E-state index in [9.17, 15) is 4.79 Å². The minimum absolute atomic E-state index is 0.105. The molecule has 4 nitrogen and oxygen atoms in total. The van der Waals surface area contributed by atoms with Crippen LogP contribution in [-0.2, 0) is 11.2 Å². The van der Waals surface area contributed by atoms with Gasteiger partial charge in [0.2, 0.25) is 0 Å². The van der Waals surface area contributed by atoms with Gasteiger partial charge in [-0.2, -0.15) is 5.26 Å². The Hall–Kier alpha value is -1.89. The van der Waals surface area contributed by atoms with Crippen LogP contribution in [0.4, 0.5) is 0 Å². The third-order valence-corrected chi connectivity index (χ3v) is 1.62. The van der Waals surface area contributed by atoms with Gasteiger partial charge in [-0.3, -0.25) is 9.78 Å². The molecular weight excluding hydrogens is 168 g/mol. The number of rotatable bonds is 2. The molecule has 0 aliphatic heterocycles. The lowest BCUT2D eigenvalue weighted by atomic mass is 10.1. The number of hydrogen-bond donors (Lipinski definition) is 1. The number of carbonyl (C=O) groups is 1. The first-order chi connectivity index (χ1) is 6.13. The molecule has 66 valence electrons. The molecule has 1 N–H and O–H groups in total. The molecule has 4 heteroatoms. The second kappa shape index (κ2) is 3.68. The zero-order chi connectivity index (χ0) is 9.84. The van der Waals surface area contributed by atoms with Gasteiger partial charge >= 0.3 is 5.97 Å². The van der Waals surface area contributed by atoms with E-state index in [1.165, 1.54) is 6.20 Å². The number of carboxylic acid groups (broad SMARTS) is 1. The van der Waals surface area contributed by atoms with Crippen LogP contribution in [0.3, 0.4) is 0 Å². The van der Waals surface area contributed by atoms with E-state index in [0.29, 0.717) is 11.3 Å². The van der Waals surface area contributed by atoms with Gasteiger partial charge in [-0.15, -0.1) is 0 Å². The molecule has 1 aromatic rings. The summed E-state index contributed by atoms with van der Waals surface area (Å²) < 4.78 is 0. The Bertz CT molecular complexity index is 380. The van der Waals surface area contributed by atoms with Crippen LogP contribution in [0.5, 0.6) is 0 Å². The van der Waals surface area contributed by atoms with E-state index < -0.39 is 5.97 Å². The summed E-state index contributed by atoms with van der Waals surface area (Å²) in [6.45, 7) is 1.76. The first kappa shape index (κ1) is 9.20. The summed E-state index contributed by atoms with van der Waals surface area (Å²) in [7, 11) is 0. The van der Waals surface area contributed by atoms with E-state index >= 15 is 0 Å². The van der Waals surface area contributed by atoms with Crippen molar-refractivity contribution >= 4 is 5.97 Å². The topological polar surface area (TPSA) is 74.0 Å². The average molecular weight is 176 g/mol. The zero-order valence-corrected chi connectivity index (χ0v) is 7.11.